The minimum Gasteiger partial charge on any atom is -0.483 e. The number of primary amides is 1. The molecule has 0 saturated carbocycles. The van der Waals surface area contributed by atoms with Crippen LogP contribution in [0.2, 0.25) is 0 Å². The first-order chi connectivity index (χ1) is 17.3. The number of carbonyl (C=O) groups excluding carboxylic acids is 2. The summed E-state index contributed by atoms with van der Waals surface area (Å²) in [6.07, 6.45) is 0.311. The normalized spacial score (nSPS) is 12.1. The van der Waals surface area contributed by atoms with Crippen LogP contribution in [0.25, 0.3) is 21.8 Å². The molecule has 0 aliphatic carbocycles. The van der Waals surface area contributed by atoms with Gasteiger partial charge in [0.25, 0.3) is 5.91 Å². The number of ether oxygens (including phenoxy) is 1. The number of carbonyl (C=O) groups is 3. The standard InChI is InChI=1S/C28H29N3O5/c1-17(2)14-20(28(34)35)30-24(32)16-36-23-13-7-12-22-26(23)25-19(27(29)33)10-6-11-21(25)31(22)15-18-8-4-3-5-9-18/h3-13,17,20H,14-16H2,1-2H3,(H2,29,33)(H,30,32)(H,34,35)/t20-/m1/s1. The van der Waals surface area contributed by atoms with Crippen LogP contribution in [0.5, 0.6) is 5.75 Å². The average Bonchev–Trinajstić information content (AvgIpc) is 3.16. The second-order valence-electron chi connectivity index (χ2n) is 9.16. The molecular formula is C28H29N3O5. The number of nitrogens with one attached hydrogen (secondary N) is 1. The van der Waals surface area contributed by atoms with Crippen molar-refractivity contribution in [2.75, 3.05) is 6.61 Å². The lowest BCUT2D eigenvalue weighted by Crippen LogP contribution is -2.43. The lowest BCUT2D eigenvalue weighted by Gasteiger charge is -2.17. The van der Waals surface area contributed by atoms with Crippen LogP contribution in [0.3, 0.4) is 0 Å². The van der Waals surface area contributed by atoms with Crippen molar-refractivity contribution in [1.82, 2.24) is 9.88 Å². The number of fused-ring (bicyclic) bond motifs is 3. The van der Waals surface area contributed by atoms with Crippen molar-refractivity contribution in [2.24, 2.45) is 11.7 Å². The van der Waals surface area contributed by atoms with Crippen LogP contribution in [0, 0.1) is 5.92 Å². The van der Waals surface area contributed by atoms with Crippen LogP contribution in [0.1, 0.15) is 36.2 Å². The van der Waals surface area contributed by atoms with Crippen molar-refractivity contribution in [1.29, 1.82) is 0 Å². The first kappa shape index (κ1) is 24.8. The molecule has 1 aromatic heterocycles. The van der Waals surface area contributed by atoms with Gasteiger partial charge in [0.1, 0.15) is 11.8 Å². The molecule has 0 spiro atoms. The number of nitrogens with two attached hydrogens (primary N) is 1. The van der Waals surface area contributed by atoms with Crippen LogP contribution < -0.4 is 15.8 Å². The molecule has 0 aliphatic rings. The predicted octanol–water partition coefficient (Wildman–Crippen LogP) is 3.94. The lowest BCUT2D eigenvalue weighted by atomic mass is 10.0. The molecule has 0 bridgehead atoms. The van der Waals surface area contributed by atoms with Gasteiger partial charge < -0.3 is 25.5 Å². The Kier molecular flexibility index (Phi) is 7.24. The SMILES string of the molecule is CC(C)C[C@@H](NC(=O)COc1cccc2c1c1c(C(N)=O)cccc1n2Cc1ccccc1)C(=O)O. The average molecular weight is 488 g/mol. The van der Waals surface area contributed by atoms with Gasteiger partial charge in [-0.05, 0) is 42.2 Å². The first-order valence-corrected chi connectivity index (χ1v) is 11.8. The van der Waals surface area contributed by atoms with Crippen LogP contribution in [-0.4, -0.2) is 40.1 Å². The van der Waals surface area contributed by atoms with Crippen LogP contribution in [0.15, 0.2) is 66.7 Å². The van der Waals surface area contributed by atoms with Gasteiger partial charge in [-0.25, -0.2) is 4.79 Å². The maximum absolute atomic E-state index is 12.6. The third-order valence-corrected chi connectivity index (χ3v) is 6.03. The second kappa shape index (κ2) is 10.5. The van der Waals surface area contributed by atoms with E-state index in [9.17, 15) is 19.5 Å². The van der Waals surface area contributed by atoms with E-state index in [4.69, 9.17) is 10.5 Å². The Morgan fingerprint density at radius 3 is 2.25 bits per heavy atom. The molecule has 1 heterocycles. The number of hydrogen-bond acceptors (Lipinski definition) is 4. The molecule has 186 valence electrons. The molecule has 4 N–H and O–H groups in total. The van der Waals surface area contributed by atoms with E-state index in [-0.39, 0.29) is 12.5 Å². The highest BCUT2D eigenvalue weighted by molar-refractivity contribution is 6.19. The van der Waals surface area contributed by atoms with E-state index in [0.29, 0.717) is 35.1 Å². The van der Waals surface area contributed by atoms with Gasteiger partial charge in [0.2, 0.25) is 5.91 Å². The van der Waals surface area contributed by atoms with Crippen molar-refractivity contribution in [3.63, 3.8) is 0 Å². The van der Waals surface area contributed by atoms with Gasteiger partial charge in [0.05, 0.1) is 16.4 Å². The first-order valence-electron chi connectivity index (χ1n) is 11.8. The van der Waals surface area contributed by atoms with Crippen molar-refractivity contribution in [2.45, 2.75) is 32.9 Å². The Balaban J connectivity index is 1.74. The van der Waals surface area contributed by atoms with E-state index in [1.807, 2.05) is 62.4 Å². The molecule has 8 nitrogen and oxygen atoms in total. The number of nitrogens with zero attached hydrogens (tertiary/aromatic N) is 1. The van der Waals surface area contributed by atoms with E-state index in [1.165, 1.54) is 0 Å². The van der Waals surface area contributed by atoms with Crippen LogP contribution >= 0.6 is 0 Å². The largest absolute Gasteiger partial charge is 0.483 e. The van der Waals surface area contributed by atoms with Gasteiger partial charge in [-0.1, -0.05) is 56.3 Å². The lowest BCUT2D eigenvalue weighted by molar-refractivity contribution is -0.142. The van der Waals surface area contributed by atoms with Gasteiger partial charge in [-0.2, -0.15) is 0 Å². The van der Waals surface area contributed by atoms with Crippen molar-refractivity contribution in [3.8, 4) is 5.75 Å². The quantitative estimate of drug-likeness (QED) is 0.313. The molecule has 8 heteroatoms. The molecule has 2 amide bonds. The topological polar surface area (TPSA) is 124 Å². The van der Waals surface area contributed by atoms with Crippen molar-refractivity contribution in [3.05, 3.63) is 77.9 Å². The summed E-state index contributed by atoms with van der Waals surface area (Å²) in [4.78, 5) is 36.4. The Labute approximate surface area is 208 Å². The van der Waals surface area contributed by atoms with Gasteiger partial charge in [0, 0.05) is 17.5 Å². The van der Waals surface area contributed by atoms with E-state index in [2.05, 4.69) is 9.88 Å². The van der Waals surface area contributed by atoms with E-state index >= 15 is 0 Å². The number of carboxylic acid groups (broad SMARTS) is 1. The number of rotatable bonds is 10. The number of carboxylic acids is 1. The summed E-state index contributed by atoms with van der Waals surface area (Å²) in [7, 11) is 0. The summed E-state index contributed by atoms with van der Waals surface area (Å²) in [6, 6.07) is 19.8. The smallest absolute Gasteiger partial charge is 0.326 e. The summed E-state index contributed by atoms with van der Waals surface area (Å²) in [6.45, 7) is 3.97. The molecular weight excluding hydrogens is 458 g/mol. The second-order valence-corrected chi connectivity index (χ2v) is 9.16. The van der Waals surface area contributed by atoms with E-state index in [1.54, 1.807) is 18.2 Å². The van der Waals surface area contributed by atoms with E-state index in [0.717, 1.165) is 16.6 Å². The zero-order chi connectivity index (χ0) is 25.8. The number of aromatic nitrogens is 1. The van der Waals surface area contributed by atoms with Crippen molar-refractivity contribution >= 4 is 39.6 Å². The minimum atomic E-state index is -1.09. The van der Waals surface area contributed by atoms with Crippen molar-refractivity contribution < 1.29 is 24.2 Å². The van der Waals surface area contributed by atoms with Gasteiger partial charge in [-0.3, -0.25) is 9.59 Å². The molecule has 3 aromatic carbocycles. The highest BCUT2D eigenvalue weighted by atomic mass is 16.5. The third-order valence-electron chi connectivity index (χ3n) is 6.03. The molecule has 0 fully saturated rings. The molecule has 4 rings (SSSR count). The van der Waals surface area contributed by atoms with Crippen LogP contribution in [-0.2, 0) is 16.1 Å². The Bertz CT molecular complexity index is 1430. The predicted molar refractivity (Wildman–Crippen MR) is 138 cm³/mol. The number of benzene rings is 3. The molecule has 0 saturated heterocycles. The molecule has 0 unspecified atom stereocenters. The summed E-state index contributed by atoms with van der Waals surface area (Å²) < 4.78 is 7.99. The van der Waals surface area contributed by atoms with Gasteiger partial charge in [-0.15, -0.1) is 0 Å². The zero-order valence-electron chi connectivity index (χ0n) is 20.2. The molecule has 0 aliphatic heterocycles. The summed E-state index contributed by atoms with van der Waals surface area (Å²) in [5.74, 6) is -1.68. The molecule has 1 atom stereocenters. The third kappa shape index (κ3) is 5.17. The monoisotopic (exact) mass is 487 g/mol. The number of hydrogen-bond donors (Lipinski definition) is 3. The number of aliphatic carboxylic acids is 1. The molecule has 4 aromatic rings. The van der Waals surface area contributed by atoms with E-state index < -0.39 is 23.8 Å². The maximum atomic E-state index is 12.6. The Morgan fingerprint density at radius 1 is 0.944 bits per heavy atom. The maximum Gasteiger partial charge on any atom is 0.326 e. The highest BCUT2D eigenvalue weighted by Crippen LogP contribution is 2.38. The fraction of sp³-hybridized carbons (Fsp3) is 0.250. The fourth-order valence-electron chi connectivity index (χ4n) is 4.49. The number of amides is 2. The zero-order valence-corrected chi connectivity index (χ0v) is 20.2. The fourth-order valence-corrected chi connectivity index (χ4v) is 4.49. The molecule has 0 radical (unpaired) electrons. The highest BCUT2D eigenvalue weighted by Gasteiger charge is 2.23. The summed E-state index contributed by atoms with van der Waals surface area (Å²) in [5.41, 5.74) is 8.79. The minimum absolute atomic E-state index is 0.101. The van der Waals surface area contributed by atoms with Gasteiger partial charge in [0.15, 0.2) is 6.61 Å². The summed E-state index contributed by atoms with van der Waals surface area (Å²) in [5, 5.41) is 13.3. The van der Waals surface area contributed by atoms with Gasteiger partial charge >= 0.3 is 5.97 Å². The summed E-state index contributed by atoms with van der Waals surface area (Å²) >= 11 is 0. The van der Waals surface area contributed by atoms with Crippen LogP contribution in [0.4, 0.5) is 0 Å². The molecule has 36 heavy (non-hydrogen) atoms. The Morgan fingerprint density at radius 2 is 1.61 bits per heavy atom. The Hall–Kier alpha value is -4.33.